The molecule has 3 aromatic carbocycles. The normalized spacial score (nSPS) is 10.8. The van der Waals surface area contributed by atoms with E-state index >= 15 is 0 Å². The van der Waals surface area contributed by atoms with Crippen LogP contribution in [0.1, 0.15) is 16.7 Å². The first-order chi connectivity index (χ1) is 12.5. The van der Waals surface area contributed by atoms with Crippen molar-refractivity contribution in [2.45, 2.75) is 19.8 Å². The van der Waals surface area contributed by atoms with Gasteiger partial charge in [0.2, 0.25) is 0 Å². The van der Waals surface area contributed by atoms with Gasteiger partial charge in [0.05, 0.1) is 7.11 Å². The Kier molecular flexibility index (Phi) is 5.31. The minimum absolute atomic E-state index is 0.206. The number of aryl methyl sites for hydroxylation is 3. The van der Waals surface area contributed by atoms with Gasteiger partial charge < -0.3 is 4.74 Å². The summed E-state index contributed by atoms with van der Waals surface area (Å²) >= 11 is 0. The predicted molar refractivity (Wildman–Crippen MR) is 96.9 cm³/mol. The van der Waals surface area contributed by atoms with E-state index in [1.54, 1.807) is 31.2 Å². The van der Waals surface area contributed by atoms with Crippen LogP contribution in [0.4, 0.5) is 13.2 Å². The fraction of sp³-hybridized carbons (Fsp3) is 0.182. The van der Waals surface area contributed by atoms with Crippen LogP contribution in [-0.2, 0) is 12.8 Å². The van der Waals surface area contributed by atoms with Gasteiger partial charge in [-0.2, -0.15) is 0 Å². The molecule has 0 N–H and O–H groups in total. The van der Waals surface area contributed by atoms with Crippen molar-refractivity contribution in [3.8, 4) is 16.9 Å². The van der Waals surface area contributed by atoms with E-state index in [1.165, 1.54) is 13.2 Å². The molecule has 0 aliphatic heterocycles. The lowest BCUT2D eigenvalue weighted by atomic mass is 9.99. The molecule has 0 atom stereocenters. The molecule has 0 fully saturated rings. The Morgan fingerprint density at radius 3 is 2.12 bits per heavy atom. The Morgan fingerprint density at radius 2 is 1.46 bits per heavy atom. The van der Waals surface area contributed by atoms with E-state index in [9.17, 15) is 13.2 Å². The summed E-state index contributed by atoms with van der Waals surface area (Å²) in [6.07, 6.45) is 1.01. The van der Waals surface area contributed by atoms with E-state index in [4.69, 9.17) is 4.74 Å². The van der Waals surface area contributed by atoms with E-state index < -0.39 is 17.5 Å². The van der Waals surface area contributed by atoms with E-state index in [0.29, 0.717) is 24.0 Å². The second-order valence-electron chi connectivity index (χ2n) is 6.22. The number of benzene rings is 3. The molecule has 0 heterocycles. The molecule has 134 valence electrons. The van der Waals surface area contributed by atoms with Gasteiger partial charge in [-0.25, -0.2) is 13.2 Å². The molecule has 0 bridgehead atoms. The summed E-state index contributed by atoms with van der Waals surface area (Å²) in [7, 11) is 1.43. The molecule has 3 aromatic rings. The zero-order chi connectivity index (χ0) is 18.7. The van der Waals surface area contributed by atoms with Gasteiger partial charge in [-0.1, -0.05) is 42.5 Å². The highest BCUT2D eigenvalue weighted by molar-refractivity contribution is 5.64. The third-order valence-corrected chi connectivity index (χ3v) is 4.48. The Morgan fingerprint density at radius 1 is 0.769 bits per heavy atom. The van der Waals surface area contributed by atoms with Gasteiger partial charge in [0.15, 0.2) is 23.2 Å². The van der Waals surface area contributed by atoms with Crippen LogP contribution < -0.4 is 4.74 Å². The lowest BCUT2D eigenvalue weighted by molar-refractivity contribution is 0.386. The van der Waals surface area contributed by atoms with Crippen molar-refractivity contribution in [2.24, 2.45) is 0 Å². The summed E-state index contributed by atoms with van der Waals surface area (Å²) < 4.78 is 46.3. The molecule has 3 rings (SSSR count). The summed E-state index contributed by atoms with van der Waals surface area (Å²) in [4.78, 5) is 0. The first-order valence-corrected chi connectivity index (χ1v) is 8.36. The second-order valence-corrected chi connectivity index (χ2v) is 6.22. The maximum atomic E-state index is 13.9. The fourth-order valence-corrected chi connectivity index (χ4v) is 2.87. The number of rotatable bonds is 5. The van der Waals surface area contributed by atoms with Crippen molar-refractivity contribution in [1.29, 1.82) is 0 Å². The van der Waals surface area contributed by atoms with Gasteiger partial charge in [0.25, 0.3) is 0 Å². The summed E-state index contributed by atoms with van der Waals surface area (Å²) in [5.74, 6) is -1.75. The standard InChI is InChI=1S/C22H19F3O/c1-14-3-7-17(22(25)21(14)24)10-6-15-4-8-16(9-5-15)18-11-12-20(26-2)19(23)13-18/h3-5,7-9,11-13H,6,10H2,1-2H3. The fourth-order valence-electron chi connectivity index (χ4n) is 2.87. The molecule has 0 aromatic heterocycles. The number of hydrogen-bond acceptors (Lipinski definition) is 1. The molecule has 1 nitrogen and oxygen atoms in total. The highest BCUT2D eigenvalue weighted by Crippen LogP contribution is 2.26. The van der Waals surface area contributed by atoms with Crippen LogP contribution in [0.3, 0.4) is 0 Å². The van der Waals surface area contributed by atoms with Crippen LogP contribution in [0, 0.1) is 24.4 Å². The first kappa shape index (κ1) is 18.1. The minimum Gasteiger partial charge on any atom is -0.494 e. The molecule has 0 spiro atoms. The maximum absolute atomic E-state index is 13.9. The molecule has 26 heavy (non-hydrogen) atoms. The third-order valence-electron chi connectivity index (χ3n) is 4.48. The van der Waals surface area contributed by atoms with Gasteiger partial charge in [0, 0.05) is 0 Å². The molecule has 4 heteroatoms. The van der Waals surface area contributed by atoms with Gasteiger partial charge >= 0.3 is 0 Å². The highest BCUT2D eigenvalue weighted by atomic mass is 19.2. The van der Waals surface area contributed by atoms with E-state index in [1.807, 2.05) is 24.3 Å². The predicted octanol–water partition coefficient (Wildman–Crippen LogP) is 5.87. The lowest BCUT2D eigenvalue weighted by Crippen LogP contribution is -1.99. The summed E-state index contributed by atoms with van der Waals surface area (Å²) in [6.45, 7) is 1.54. The van der Waals surface area contributed by atoms with Crippen LogP contribution in [0.2, 0.25) is 0 Å². The van der Waals surface area contributed by atoms with Crippen molar-refractivity contribution in [3.05, 3.63) is 88.7 Å². The number of halogens is 3. The van der Waals surface area contributed by atoms with Crippen LogP contribution in [-0.4, -0.2) is 7.11 Å². The summed E-state index contributed by atoms with van der Waals surface area (Å²) in [6, 6.07) is 15.6. The molecule has 0 radical (unpaired) electrons. The van der Waals surface area contributed by atoms with Gasteiger partial charge in [-0.15, -0.1) is 0 Å². The van der Waals surface area contributed by atoms with Crippen molar-refractivity contribution >= 4 is 0 Å². The van der Waals surface area contributed by atoms with E-state index in [-0.39, 0.29) is 5.75 Å². The molecule has 0 saturated heterocycles. The molecule has 0 aliphatic rings. The number of hydrogen-bond donors (Lipinski definition) is 0. The second kappa shape index (κ2) is 7.65. The molecule has 0 aliphatic carbocycles. The highest BCUT2D eigenvalue weighted by Gasteiger charge is 2.11. The van der Waals surface area contributed by atoms with Crippen LogP contribution >= 0.6 is 0 Å². The average molecular weight is 356 g/mol. The van der Waals surface area contributed by atoms with Crippen LogP contribution in [0.15, 0.2) is 54.6 Å². The molecular formula is C22H19F3O. The molecule has 0 saturated carbocycles. The average Bonchev–Trinajstić information content (AvgIpc) is 2.66. The monoisotopic (exact) mass is 356 g/mol. The van der Waals surface area contributed by atoms with Crippen molar-refractivity contribution < 1.29 is 17.9 Å². The Balaban J connectivity index is 1.72. The van der Waals surface area contributed by atoms with Gasteiger partial charge in [-0.3, -0.25) is 0 Å². The minimum atomic E-state index is -0.778. The van der Waals surface area contributed by atoms with Crippen molar-refractivity contribution in [2.75, 3.05) is 7.11 Å². The van der Waals surface area contributed by atoms with Crippen molar-refractivity contribution in [1.82, 2.24) is 0 Å². The first-order valence-electron chi connectivity index (χ1n) is 8.36. The van der Waals surface area contributed by atoms with Crippen LogP contribution in [0.5, 0.6) is 5.75 Å². The smallest absolute Gasteiger partial charge is 0.165 e. The van der Waals surface area contributed by atoms with Gasteiger partial charge in [-0.05, 0) is 59.7 Å². The summed E-state index contributed by atoms with van der Waals surface area (Å²) in [5, 5.41) is 0. The van der Waals surface area contributed by atoms with Crippen LogP contribution in [0.25, 0.3) is 11.1 Å². The Labute approximate surface area is 151 Å². The number of ether oxygens (including phenoxy) is 1. The van der Waals surface area contributed by atoms with Crippen molar-refractivity contribution in [3.63, 3.8) is 0 Å². The SMILES string of the molecule is COc1ccc(-c2ccc(CCc3ccc(C)c(F)c3F)cc2)cc1F. The largest absolute Gasteiger partial charge is 0.494 e. The zero-order valence-electron chi connectivity index (χ0n) is 14.7. The maximum Gasteiger partial charge on any atom is 0.165 e. The van der Waals surface area contributed by atoms with Gasteiger partial charge in [0.1, 0.15) is 0 Å². The van der Waals surface area contributed by atoms with E-state index in [0.717, 1.165) is 16.7 Å². The molecule has 0 amide bonds. The quantitative estimate of drug-likeness (QED) is 0.555. The number of methoxy groups -OCH3 is 1. The molecule has 0 unspecified atom stereocenters. The Hall–Kier alpha value is -2.75. The third kappa shape index (κ3) is 3.74. The lowest BCUT2D eigenvalue weighted by Gasteiger charge is -2.08. The zero-order valence-corrected chi connectivity index (χ0v) is 14.7. The molecular weight excluding hydrogens is 337 g/mol. The van der Waals surface area contributed by atoms with E-state index in [2.05, 4.69) is 0 Å². The summed E-state index contributed by atoms with van der Waals surface area (Å²) in [5.41, 5.74) is 3.31. The topological polar surface area (TPSA) is 9.23 Å². The Bertz CT molecular complexity index is 917.